The van der Waals surface area contributed by atoms with E-state index >= 15 is 0 Å². The van der Waals surface area contributed by atoms with Crippen molar-refractivity contribution < 1.29 is 19.4 Å². The molecule has 2 saturated heterocycles. The number of carboxylic acid groups (broad SMARTS) is 1. The lowest BCUT2D eigenvalue weighted by Crippen LogP contribution is -2.39. The Morgan fingerprint density at radius 3 is 2.81 bits per heavy atom. The van der Waals surface area contributed by atoms with Crippen LogP contribution in [0.1, 0.15) is 85.0 Å². The zero-order chi connectivity index (χ0) is 19.0. The summed E-state index contributed by atoms with van der Waals surface area (Å²) in [5.41, 5.74) is -0.715. The number of aliphatic carboxylic acids is 1. The molecule has 2 fully saturated rings. The minimum atomic E-state index is -0.720. The van der Waals surface area contributed by atoms with E-state index in [1.165, 1.54) is 25.7 Å². The van der Waals surface area contributed by atoms with Gasteiger partial charge in [0.1, 0.15) is 0 Å². The highest BCUT2D eigenvalue weighted by Gasteiger charge is 2.52. The predicted octanol–water partition coefficient (Wildman–Crippen LogP) is 5.36. The van der Waals surface area contributed by atoms with Gasteiger partial charge in [0.05, 0.1) is 23.7 Å². The molecule has 26 heavy (non-hydrogen) atoms. The minimum Gasteiger partial charge on any atom is -0.481 e. The van der Waals surface area contributed by atoms with E-state index in [0.29, 0.717) is 18.4 Å². The van der Waals surface area contributed by atoms with Crippen molar-refractivity contribution in [2.45, 2.75) is 96.7 Å². The number of ether oxygens (including phenoxy) is 2. The molecule has 0 aromatic rings. The molecule has 4 nitrogen and oxygen atoms in total. The third kappa shape index (κ3) is 5.82. The number of hydrogen-bond acceptors (Lipinski definition) is 3. The zero-order valence-corrected chi connectivity index (χ0v) is 17.0. The van der Waals surface area contributed by atoms with Gasteiger partial charge in [-0.1, -0.05) is 38.3 Å². The molecule has 0 aromatic heterocycles. The van der Waals surface area contributed by atoms with E-state index in [2.05, 4.69) is 19.1 Å². The first-order valence-electron chi connectivity index (χ1n) is 10.5. The second kappa shape index (κ2) is 9.89. The smallest absolute Gasteiger partial charge is 0.309 e. The molecule has 2 heterocycles. The maximum Gasteiger partial charge on any atom is 0.309 e. The fraction of sp³-hybridized carbons (Fsp3) is 0.864. The van der Waals surface area contributed by atoms with E-state index in [9.17, 15) is 9.90 Å². The van der Waals surface area contributed by atoms with E-state index < -0.39 is 11.4 Å². The molecular weight excluding hydrogens is 328 g/mol. The van der Waals surface area contributed by atoms with Crippen molar-refractivity contribution in [2.24, 2.45) is 11.3 Å². The van der Waals surface area contributed by atoms with Crippen LogP contribution >= 0.6 is 0 Å². The molecule has 0 radical (unpaired) electrons. The fourth-order valence-electron chi connectivity index (χ4n) is 4.19. The molecular formula is C22H38O4. The summed E-state index contributed by atoms with van der Waals surface area (Å²) in [7, 11) is 0. The van der Waals surface area contributed by atoms with Crippen LogP contribution in [0, 0.1) is 11.3 Å². The first kappa shape index (κ1) is 21.4. The van der Waals surface area contributed by atoms with Crippen molar-refractivity contribution in [1.82, 2.24) is 0 Å². The Bertz CT molecular complexity index is 471. The molecule has 3 atom stereocenters. The first-order valence-corrected chi connectivity index (χ1v) is 10.5. The van der Waals surface area contributed by atoms with Crippen molar-refractivity contribution in [1.29, 1.82) is 0 Å². The van der Waals surface area contributed by atoms with Gasteiger partial charge in [-0.3, -0.25) is 4.79 Å². The summed E-state index contributed by atoms with van der Waals surface area (Å²) in [6.45, 7) is 7.40. The van der Waals surface area contributed by atoms with E-state index in [1.807, 2.05) is 0 Å². The van der Waals surface area contributed by atoms with Crippen LogP contribution in [-0.2, 0) is 14.3 Å². The zero-order valence-electron chi connectivity index (χ0n) is 17.0. The summed E-state index contributed by atoms with van der Waals surface area (Å²) >= 11 is 0. The van der Waals surface area contributed by atoms with Gasteiger partial charge in [0.25, 0.3) is 0 Å². The third-order valence-corrected chi connectivity index (χ3v) is 6.17. The van der Waals surface area contributed by atoms with Gasteiger partial charge >= 0.3 is 5.97 Å². The summed E-state index contributed by atoms with van der Waals surface area (Å²) in [6, 6.07) is 0. The number of carboxylic acids is 1. The number of hydrogen-bond donors (Lipinski definition) is 1. The Kier molecular flexibility index (Phi) is 8.15. The number of fused-ring (bicyclic) bond motifs is 2. The molecule has 0 aromatic carbocycles. The number of carbonyl (C=O) groups is 1. The third-order valence-electron chi connectivity index (χ3n) is 6.17. The van der Waals surface area contributed by atoms with Gasteiger partial charge in [0, 0.05) is 6.61 Å². The van der Waals surface area contributed by atoms with Gasteiger partial charge < -0.3 is 14.6 Å². The Morgan fingerprint density at radius 2 is 2.12 bits per heavy atom. The Balaban J connectivity index is 1.72. The monoisotopic (exact) mass is 366 g/mol. The molecule has 0 amide bonds. The average Bonchev–Trinajstić information content (AvgIpc) is 3.15. The average molecular weight is 367 g/mol. The van der Waals surface area contributed by atoms with Crippen LogP contribution in [-0.4, -0.2) is 36.0 Å². The maximum absolute atomic E-state index is 11.2. The van der Waals surface area contributed by atoms with Gasteiger partial charge in [0.2, 0.25) is 0 Å². The van der Waals surface area contributed by atoms with Gasteiger partial charge in [-0.25, -0.2) is 0 Å². The summed E-state index contributed by atoms with van der Waals surface area (Å²) in [6.07, 6.45) is 15.7. The molecule has 2 aliphatic rings. The SMILES string of the molecule is CCCCCCOCC12CCC(CC1C/C=C/CCC(C)(C)C(=O)O)O2. The molecule has 0 saturated carbocycles. The highest BCUT2D eigenvalue weighted by atomic mass is 16.6. The van der Waals surface area contributed by atoms with Crippen molar-refractivity contribution in [3.8, 4) is 0 Å². The Hall–Kier alpha value is -0.870. The van der Waals surface area contributed by atoms with Crippen LogP contribution in [0.5, 0.6) is 0 Å². The summed E-state index contributed by atoms with van der Waals surface area (Å²) in [5, 5.41) is 9.17. The Labute approximate surface area is 159 Å². The lowest BCUT2D eigenvalue weighted by Gasteiger charge is -2.32. The molecule has 0 aliphatic carbocycles. The summed E-state index contributed by atoms with van der Waals surface area (Å²) < 4.78 is 12.3. The fourth-order valence-corrected chi connectivity index (χ4v) is 4.19. The van der Waals surface area contributed by atoms with Crippen LogP contribution in [0.25, 0.3) is 0 Å². The molecule has 4 heteroatoms. The van der Waals surface area contributed by atoms with E-state index in [1.54, 1.807) is 13.8 Å². The van der Waals surface area contributed by atoms with Gasteiger partial charge in [-0.2, -0.15) is 0 Å². The standard InChI is InChI=1S/C22H38O4/c1-4-5-6-10-15-25-17-22-14-12-19(26-22)16-18(22)11-8-7-9-13-21(2,3)20(23)24/h7-8,18-19H,4-6,9-17H2,1-3H3,(H,23,24)/b8-7+. The number of rotatable bonds is 13. The lowest BCUT2D eigenvalue weighted by atomic mass is 9.77. The number of unbranched alkanes of at least 4 members (excludes halogenated alkanes) is 3. The van der Waals surface area contributed by atoms with E-state index in [0.717, 1.165) is 45.3 Å². The number of allylic oxidation sites excluding steroid dienone is 2. The van der Waals surface area contributed by atoms with Crippen molar-refractivity contribution >= 4 is 5.97 Å². The van der Waals surface area contributed by atoms with Crippen LogP contribution in [0.4, 0.5) is 0 Å². The second-order valence-corrected chi connectivity index (χ2v) is 8.82. The van der Waals surface area contributed by atoms with Gasteiger partial charge in [0.15, 0.2) is 0 Å². The quantitative estimate of drug-likeness (QED) is 0.352. The largest absolute Gasteiger partial charge is 0.481 e. The van der Waals surface area contributed by atoms with Crippen molar-refractivity contribution in [2.75, 3.05) is 13.2 Å². The molecule has 3 unspecified atom stereocenters. The highest BCUT2D eigenvalue weighted by molar-refractivity contribution is 5.73. The maximum atomic E-state index is 11.2. The molecule has 2 aliphatic heterocycles. The van der Waals surface area contributed by atoms with Crippen LogP contribution in [0.2, 0.25) is 0 Å². The minimum absolute atomic E-state index is 0.0693. The van der Waals surface area contributed by atoms with E-state index in [4.69, 9.17) is 9.47 Å². The van der Waals surface area contributed by atoms with Gasteiger partial charge in [-0.15, -0.1) is 0 Å². The van der Waals surface area contributed by atoms with Crippen molar-refractivity contribution in [3.05, 3.63) is 12.2 Å². The molecule has 2 rings (SSSR count). The molecule has 1 N–H and O–H groups in total. The van der Waals surface area contributed by atoms with E-state index in [-0.39, 0.29) is 5.60 Å². The Morgan fingerprint density at radius 1 is 1.31 bits per heavy atom. The summed E-state index contributed by atoms with van der Waals surface area (Å²) in [4.78, 5) is 11.2. The molecule has 2 bridgehead atoms. The lowest BCUT2D eigenvalue weighted by molar-refractivity contribution is -0.147. The highest BCUT2D eigenvalue weighted by Crippen LogP contribution is 2.49. The van der Waals surface area contributed by atoms with Gasteiger partial charge in [-0.05, 0) is 64.7 Å². The van der Waals surface area contributed by atoms with Crippen LogP contribution in [0.3, 0.4) is 0 Å². The molecule has 0 spiro atoms. The topological polar surface area (TPSA) is 55.8 Å². The first-order chi connectivity index (χ1) is 12.4. The summed E-state index contributed by atoms with van der Waals surface area (Å²) in [5.74, 6) is -0.178. The van der Waals surface area contributed by atoms with Crippen LogP contribution < -0.4 is 0 Å². The van der Waals surface area contributed by atoms with Crippen molar-refractivity contribution in [3.63, 3.8) is 0 Å². The predicted molar refractivity (Wildman–Crippen MR) is 104 cm³/mol. The molecule has 150 valence electrons. The normalized spacial score (nSPS) is 28.3. The van der Waals surface area contributed by atoms with Crippen LogP contribution in [0.15, 0.2) is 12.2 Å². The second-order valence-electron chi connectivity index (χ2n) is 8.82.